The molecule has 1 amide bonds. The van der Waals surface area contributed by atoms with Gasteiger partial charge in [-0.15, -0.1) is 0 Å². The fraction of sp³-hybridized carbons (Fsp3) is 0.480. The van der Waals surface area contributed by atoms with E-state index in [9.17, 15) is 36.2 Å². The molecule has 1 aliphatic heterocycles. The zero-order valence-corrected chi connectivity index (χ0v) is 19.5. The molecule has 2 atom stereocenters. The fourth-order valence-electron chi connectivity index (χ4n) is 5.14. The third-order valence-corrected chi connectivity index (χ3v) is 7.13. The van der Waals surface area contributed by atoms with Crippen molar-refractivity contribution in [1.82, 2.24) is 9.80 Å². The zero-order chi connectivity index (χ0) is 26.3. The Morgan fingerprint density at radius 3 is 2.14 bits per heavy atom. The van der Waals surface area contributed by atoms with E-state index in [2.05, 4.69) is 4.90 Å². The number of rotatable bonds is 5. The molecular formula is C25H26F6N2O3. The first-order chi connectivity index (χ1) is 16.8. The van der Waals surface area contributed by atoms with E-state index in [1.807, 2.05) is 24.3 Å². The summed E-state index contributed by atoms with van der Waals surface area (Å²) in [5.74, 6) is 0. The largest absolute Gasteiger partial charge is 0.465 e. The number of amides is 1. The fourth-order valence-corrected chi connectivity index (χ4v) is 5.14. The predicted octanol–water partition coefficient (Wildman–Crippen LogP) is 5.94. The van der Waals surface area contributed by atoms with Crippen molar-refractivity contribution >= 4 is 6.09 Å². The number of carboxylic acid groups (broad SMARTS) is 1. The Labute approximate surface area is 204 Å². The van der Waals surface area contributed by atoms with Gasteiger partial charge in [0.25, 0.3) is 0 Å². The van der Waals surface area contributed by atoms with Crippen LogP contribution in [0.1, 0.15) is 47.3 Å². The summed E-state index contributed by atoms with van der Waals surface area (Å²) < 4.78 is 86.0. The molecule has 36 heavy (non-hydrogen) atoms. The van der Waals surface area contributed by atoms with Crippen molar-refractivity contribution in [1.29, 1.82) is 0 Å². The summed E-state index contributed by atoms with van der Waals surface area (Å²) >= 11 is 0. The molecule has 0 radical (unpaired) electrons. The molecule has 5 nitrogen and oxygen atoms in total. The van der Waals surface area contributed by atoms with Gasteiger partial charge in [-0.1, -0.05) is 24.3 Å². The first-order valence-electron chi connectivity index (χ1n) is 11.5. The van der Waals surface area contributed by atoms with Crippen LogP contribution in [0, 0.1) is 0 Å². The highest BCUT2D eigenvalue weighted by Crippen LogP contribution is 2.44. The second-order valence-corrected chi connectivity index (χ2v) is 9.24. The van der Waals surface area contributed by atoms with E-state index in [1.54, 1.807) is 0 Å². The highest BCUT2D eigenvalue weighted by molar-refractivity contribution is 5.65. The lowest BCUT2D eigenvalue weighted by Gasteiger charge is -2.46. The number of nitrogens with zero attached hydrogens (tertiary/aromatic N) is 2. The van der Waals surface area contributed by atoms with Gasteiger partial charge in [-0.2, -0.15) is 26.3 Å². The number of carbonyl (C=O) groups is 1. The number of benzene rings is 2. The zero-order valence-electron chi connectivity index (χ0n) is 19.5. The van der Waals surface area contributed by atoms with Gasteiger partial charge in [0.1, 0.15) is 0 Å². The molecule has 1 heterocycles. The topological polar surface area (TPSA) is 53.0 Å². The molecule has 0 spiro atoms. The van der Waals surface area contributed by atoms with Crippen LogP contribution in [0.3, 0.4) is 0 Å². The second kappa shape index (κ2) is 9.59. The standard InChI is InChI=1S/C25H26F6N2O3/c1-16(18-12-19(24(26,27)28)14-20(13-18)25(29,30)31)36-15-23(7-6-17-4-2-3-5-21(17)23)33-10-8-32(9-11-33)22(34)35/h2-5,12-14,16H,6-11,15H2,1H3,(H,34,35)/t16-,23?/m0/s1. The lowest BCUT2D eigenvalue weighted by atomic mass is 9.89. The average molecular weight is 516 g/mol. The molecule has 2 aromatic carbocycles. The van der Waals surface area contributed by atoms with E-state index >= 15 is 0 Å². The molecule has 2 aliphatic rings. The van der Waals surface area contributed by atoms with Crippen LogP contribution in [0.4, 0.5) is 31.1 Å². The molecule has 1 fully saturated rings. The van der Waals surface area contributed by atoms with E-state index < -0.39 is 41.2 Å². The van der Waals surface area contributed by atoms with Gasteiger partial charge >= 0.3 is 18.4 Å². The summed E-state index contributed by atoms with van der Waals surface area (Å²) in [6.45, 7) is 2.91. The maximum atomic E-state index is 13.3. The second-order valence-electron chi connectivity index (χ2n) is 9.24. The molecule has 2 aromatic rings. The highest BCUT2D eigenvalue weighted by atomic mass is 19.4. The van der Waals surface area contributed by atoms with E-state index in [0.29, 0.717) is 31.6 Å². The molecule has 0 aromatic heterocycles. The lowest BCUT2D eigenvalue weighted by molar-refractivity contribution is -0.143. The minimum Gasteiger partial charge on any atom is -0.465 e. The predicted molar refractivity (Wildman–Crippen MR) is 118 cm³/mol. The highest BCUT2D eigenvalue weighted by Gasteiger charge is 2.45. The normalized spacial score (nSPS) is 21.9. The number of ether oxygens (including phenoxy) is 1. The number of fused-ring (bicyclic) bond motifs is 1. The van der Waals surface area contributed by atoms with Crippen molar-refractivity contribution in [2.75, 3.05) is 32.8 Å². The molecule has 11 heteroatoms. The van der Waals surface area contributed by atoms with E-state index in [0.717, 1.165) is 17.5 Å². The molecule has 4 rings (SSSR count). The summed E-state index contributed by atoms with van der Waals surface area (Å²) in [6, 6.07) is 9.21. The molecule has 1 aliphatic carbocycles. The summed E-state index contributed by atoms with van der Waals surface area (Å²) in [5, 5.41) is 9.30. The smallest absolute Gasteiger partial charge is 0.416 e. The first kappa shape index (κ1) is 26.3. The Bertz CT molecular complexity index is 1080. The third-order valence-electron chi connectivity index (χ3n) is 7.13. The minimum absolute atomic E-state index is 0.0375. The number of hydrogen-bond acceptors (Lipinski definition) is 3. The van der Waals surface area contributed by atoms with Crippen LogP contribution < -0.4 is 0 Å². The molecule has 0 saturated carbocycles. The van der Waals surface area contributed by atoms with Crippen molar-refractivity contribution in [3.05, 3.63) is 70.3 Å². The van der Waals surface area contributed by atoms with Crippen LogP contribution in [0.2, 0.25) is 0 Å². The first-order valence-corrected chi connectivity index (χ1v) is 11.5. The quantitative estimate of drug-likeness (QED) is 0.500. The molecule has 1 unspecified atom stereocenters. The summed E-state index contributed by atoms with van der Waals surface area (Å²) in [7, 11) is 0. The molecule has 196 valence electrons. The average Bonchev–Trinajstić information content (AvgIpc) is 3.21. The van der Waals surface area contributed by atoms with E-state index in [1.165, 1.54) is 11.8 Å². The van der Waals surface area contributed by atoms with Gasteiger partial charge in [-0.25, -0.2) is 4.79 Å². The number of aryl methyl sites for hydroxylation is 1. The van der Waals surface area contributed by atoms with Crippen molar-refractivity contribution in [3.8, 4) is 0 Å². The van der Waals surface area contributed by atoms with Crippen molar-refractivity contribution < 1.29 is 41.0 Å². The minimum atomic E-state index is -4.94. The van der Waals surface area contributed by atoms with Crippen LogP contribution >= 0.6 is 0 Å². The monoisotopic (exact) mass is 516 g/mol. The third kappa shape index (κ3) is 5.17. The Morgan fingerprint density at radius 2 is 1.58 bits per heavy atom. The van der Waals surface area contributed by atoms with Gasteiger partial charge in [-0.05, 0) is 54.7 Å². The van der Waals surface area contributed by atoms with Gasteiger partial charge in [0, 0.05) is 26.2 Å². The van der Waals surface area contributed by atoms with Crippen molar-refractivity contribution in [2.45, 2.75) is 43.8 Å². The van der Waals surface area contributed by atoms with Crippen LogP contribution in [0.25, 0.3) is 0 Å². The molecule has 0 bridgehead atoms. The Hall–Kier alpha value is -2.79. The van der Waals surface area contributed by atoms with Crippen LogP contribution in [0.5, 0.6) is 0 Å². The molecular weight excluding hydrogens is 490 g/mol. The maximum absolute atomic E-state index is 13.3. The SMILES string of the molecule is C[C@H](OCC1(N2CCN(C(=O)O)CC2)CCc2ccccc21)c1cc(C(F)(F)F)cc(C(F)(F)F)c1. The summed E-state index contributed by atoms with van der Waals surface area (Å²) in [6.07, 6.45) is -10.6. The Morgan fingerprint density at radius 1 is 1.00 bits per heavy atom. The van der Waals surface area contributed by atoms with Gasteiger partial charge in [-0.3, -0.25) is 4.90 Å². The Kier molecular flexibility index (Phi) is 7.00. The van der Waals surface area contributed by atoms with E-state index in [-0.39, 0.29) is 31.3 Å². The molecule has 1 saturated heterocycles. The molecule has 1 N–H and O–H groups in total. The van der Waals surface area contributed by atoms with Gasteiger partial charge in [0.05, 0.1) is 29.4 Å². The maximum Gasteiger partial charge on any atom is 0.416 e. The van der Waals surface area contributed by atoms with Gasteiger partial charge in [0.2, 0.25) is 0 Å². The van der Waals surface area contributed by atoms with Crippen LogP contribution in [-0.2, 0) is 29.0 Å². The van der Waals surface area contributed by atoms with Crippen LogP contribution in [-0.4, -0.2) is 53.8 Å². The van der Waals surface area contributed by atoms with Crippen molar-refractivity contribution in [2.24, 2.45) is 0 Å². The van der Waals surface area contributed by atoms with Gasteiger partial charge in [0.15, 0.2) is 0 Å². The van der Waals surface area contributed by atoms with Gasteiger partial charge < -0.3 is 14.7 Å². The number of alkyl halides is 6. The number of halogens is 6. The summed E-state index contributed by atoms with van der Waals surface area (Å²) in [5.41, 5.74) is -1.56. The number of piperazine rings is 1. The van der Waals surface area contributed by atoms with E-state index in [4.69, 9.17) is 4.74 Å². The van der Waals surface area contributed by atoms with Crippen molar-refractivity contribution in [3.63, 3.8) is 0 Å². The van der Waals surface area contributed by atoms with Crippen LogP contribution in [0.15, 0.2) is 42.5 Å². The Balaban J connectivity index is 1.62. The summed E-state index contributed by atoms with van der Waals surface area (Å²) in [4.78, 5) is 14.8. The lowest BCUT2D eigenvalue weighted by Crippen LogP contribution is -2.57. The number of hydrogen-bond donors (Lipinski definition) is 1.